The summed E-state index contributed by atoms with van der Waals surface area (Å²) in [6.07, 6.45) is 5.14. The minimum atomic E-state index is -0.924. The fraction of sp³-hybridized carbons (Fsp3) is 0.450. The molecule has 1 fully saturated rings. The Morgan fingerprint density at radius 3 is 2.83 bits per heavy atom. The molecule has 154 valence electrons. The van der Waals surface area contributed by atoms with Gasteiger partial charge >= 0.3 is 5.97 Å². The summed E-state index contributed by atoms with van der Waals surface area (Å²) >= 11 is 0. The van der Waals surface area contributed by atoms with E-state index in [1.807, 2.05) is 0 Å². The number of carboxylic acids is 1. The van der Waals surface area contributed by atoms with Crippen molar-refractivity contribution in [2.75, 3.05) is 5.32 Å². The summed E-state index contributed by atoms with van der Waals surface area (Å²) in [7, 11) is 0. The van der Waals surface area contributed by atoms with E-state index in [-0.39, 0.29) is 18.7 Å². The van der Waals surface area contributed by atoms with Gasteiger partial charge in [-0.15, -0.1) is 0 Å². The Morgan fingerprint density at radius 1 is 1.34 bits per heavy atom. The number of carbonyl (C=O) groups excluding carboxylic acids is 2. The molecule has 0 radical (unpaired) electrons. The molecule has 29 heavy (non-hydrogen) atoms. The van der Waals surface area contributed by atoms with E-state index in [9.17, 15) is 24.3 Å². The van der Waals surface area contributed by atoms with Crippen molar-refractivity contribution in [3.63, 3.8) is 0 Å². The van der Waals surface area contributed by atoms with Crippen LogP contribution in [0.5, 0.6) is 0 Å². The van der Waals surface area contributed by atoms with Crippen LogP contribution < -0.4 is 16.2 Å². The molecule has 3 rings (SSSR count). The lowest BCUT2D eigenvalue weighted by atomic mass is 10.1. The third kappa shape index (κ3) is 4.61. The number of hydrogen-bond acceptors (Lipinski definition) is 6. The SMILES string of the molecule is CCCCCC(Nc1ccc2c(=O)n(C3CCC(=O)NC3=O)ncc2c1)C(=O)O. The molecule has 1 saturated heterocycles. The van der Waals surface area contributed by atoms with Crippen LogP contribution in [0.2, 0.25) is 0 Å². The molecule has 2 heterocycles. The van der Waals surface area contributed by atoms with E-state index in [2.05, 4.69) is 22.7 Å². The van der Waals surface area contributed by atoms with Gasteiger partial charge in [-0.25, -0.2) is 9.48 Å². The molecule has 2 amide bonds. The van der Waals surface area contributed by atoms with Crippen LogP contribution in [-0.4, -0.2) is 38.7 Å². The number of imide groups is 1. The Balaban J connectivity index is 1.84. The number of nitrogens with one attached hydrogen (secondary N) is 2. The average Bonchev–Trinajstić information content (AvgIpc) is 2.68. The van der Waals surface area contributed by atoms with Crippen molar-refractivity contribution in [3.8, 4) is 0 Å². The second kappa shape index (κ2) is 8.85. The van der Waals surface area contributed by atoms with Crippen LogP contribution in [0.25, 0.3) is 10.8 Å². The van der Waals surface area contributed by atoms with E-state index in [1.54, 1.807) is 18.2 Å². The summed E-state index contributed by atoms with van der Waals surface area (Å²) in [6, 6.07) is 3.38. The molecule has 1 aromatic heterocycles. The molecule has 1 aliphatic heterocycles. The molecule has 0 bridgehead atoms. The number of aromatic nitrogens is 2. The molecule has 3 N–H and O–H groups in total. The molecule has 2 aromatic rings. The number of amides is 2. The Morgan fingerprint density at radius 2 is 2.14 bits per heavy atom. The maximum absolute atomic E-state index is 12.8. The van der Waals surface area contributed by atoms with Gasteiger partial charge in [0.05, 0.1) is 11.6 Å². The number of rotatable bonds is 8. The molecular formula is C20H24N4O5. The Kier molecular flexibility index (Phi) is 6.26. The van der Waals surface area contributed by atoms with E-state index in [0.717, 1.165) is 23.9 Å². The van der Waals surface area contributed by atoms with Crippen LogP contribution in [0.15, 0.2) is 29.2 Å². The first-order chi connectivity index (χ1) is 13.9. The first-order valence-corrected chi connectivity index (χ1v) is 9.75. The van der Waals surface area contributed by atoms with Gasteiger partial charge in [-0.2, -0.15) is 5.10 Å². The molecule has 0 aliphatic carbocycles. The molecule has 2 atom stereocenters. The second-order valence-electron chi connectivity index (χ2n) is 7.19. The molecule has 2 unspecified atom stereocenters. The summed E-state index contributed by atoms with van der Waals surface area (Å²) < 4.78 is 1.10. The number of carboxylic acid groups (broad SMARTS) is 1. The fourth-order valence-electron chi connectivity index (χ4n) is 3.45. The molecule has 1 aliphatic rings. The first-order valence-electron chi connectivity index (χ1n) is 9.75. The molecule has 0 spiro atoms. The smallest absolute Gasteiger partial charge is 0.326 e. The predicted octanol–water partition coefficient (Wildman–Crippen LogP) is 1.82. The molecule has 0 saturated carbocycles. The monoisotopic (exact) mass is 400 g/mol. The van der Waals surface area contributed by atoms with Crippen LogP contribution in [0.3, 0.4) is 0 Å². The van der Waals surface area contributed by atoms with Crippen LogP contribution in [0.1, 0.15) is 51.5 Å². The average molecular weight is 400 g/mol. The lowest BCUT2D eigenvalue weighted by molar-refractivity contribution is -0.138. The number of hydrogen-bond donors (Lipinski definition) is 3. The van der Waals surface area contributed by atoms with Crippen molar-refractivity contribution >= 4 is 34.2 Å². The van der Waals surface area contributed by atoms with Gasteiger partial charge in [0.2, 0.25) is 5.91 Å². The zero-order valence-corrected chi connectivity index (χ0v) is 16.2. The molecular weight excluding hydrogens is 376 g/mol. The summed E-state index contributed by atoms with van der Waals surface area (Å²) in [5, 5.41) is 19.7. The summed E-state index contributed by atoms with van der Waals surface area (Å²) in [5.74, 6) is -1.82. The van der Waals surface area contributed by atoms with Gasteiger partial charge in [-0.05, 0) is 31.0 Å². The van der Waals surface area contributed by atoms with Gasteiger partial charge in [0.1, 0.15) is 12.1 Å². The van der Waals surface area contributed by atoms with Crippen molar-refractivity contribution < 1.29 is 19.5 Å². The highest BCUT2D eigenvalue weighted by Crippen LogP contribution is 2.20. The van der Waals surface area contributed by atoms with E-state index in [1.165, 1.54) is 6.20 Å². The minimum Gasteiger partial charge on any atom is -0.480 e. The Labute approximate surface area is 167 Å². The van der Waals surface area contributed by atoms with Crippen molar-refractivity contribution in [1.82, 2.24) is 15.1 Å². The number of piperidine rings is 1. The van der Waals surface area contributed by atoms with E-state index in [0.29, 0.717) is 22.9 Å². The van der Waals surface area contributed by atoms with Gasteiger partial charge in [0, 0.05) is 17.5 Å². The highest BCUT2D eigenvalue weighted by atomic mass is 16.4. The van der Waals surface area contributed by atoms with Crippen LogP contribution in [-0.2, 0) is 14.4 Å². The van der Waals surface area contributed by atoms with Crippen molar-refractivity contribution in [2.45, 2.75) is 57.5 Å². The predicted molar refractivity (Wildman–Crippen MR) is 107 cm³/mol. The maximum Gasteiger partial charge on any atom is 0.326 e. The number of aliphatic carboxylic acids is 1. The highest BCUT2D eigenvalue weighted by Gasteiger charge is 2.30. The summed E-state index contributed by atoms with van der Waals surface area (Å²) in [6.45, 7) is 2.06. The molecule has 1 aromatic carbocycles. The maximum atomic E-state index is 12.8. The summed E-state index contributed by atoms with van der Waals surface area (Å²) in [4.78, 5) is 47.7. The zero-order chi connectivity index (χ0) is 21.0. The normalized spacial score (nSPS) is 17.8. The van der Waals surface area contributed by atoms with Crippen molar-refractivity contribution in [2.24, 2.45) is 0 Å². The lowest BCUT2D eigenvalue weighted by Gasteiger charge is -2.22. The summed E-state index contributed by atoms with van der Waals surface area (Å²) in [5.41, 5.74) is 0.155. The number of fused-ring (bicyclic) bond motifs is 1. The van der Waals surface area contributed by atoms with Crippen molar-refractivity contribution in [3.05, 3.63) is 34.7 Å². The van der Waals surface area contributed by atoms with Gasteiger partial charge in [-0.1, -0.05) is 26.2 Å². The molecule has 9 nitrogen and oxygen atoms in total. The highest BCUT2D eigenvalue weighted by molar-refractivity contribution is 5.99. The number of carbonyl (C=O) groups is 3. The number of benzene rings is 1. The zero-order valence-electron chi connectivity index (χ0n) is 16.2. The van der Waals surface area contributed by atoms with Crippen LogP contribution in [0.4, 0.5) is 5.69 Å². The number of unbranched alkanes of at least 4 members (excludes halogenated alkanes) is 2. The number of nitrogens with zero attached hydrogens (tertiary/aromatic N) is 2. The first kappa shape index (κ1) is 20.5. The Bertz CT molecular complexity index is 1000. The lowest BCUT2D eigenvalue weighted by Crippen LogP contribution is -2.45. The Hall–Kier alpha value is -3.23. The third-order valence-electron chi connectivity index (χ3n) is 5.05. The van der Waals surface area contributed by atoms with Crippen LogP contribution in [0, 0.1) is 0 Å². The topological polar surface area (TPSA) is 130 Å². The van der Waals surface area contributed by atoms with Gasteiger partial charge < -0.3 is 10.4 Å². The van der Waals surface area contributed by atoms with Crippen molar-refractivity contribution in [1.29, 1.82) is 0 Å². The van der Waals surface area contributed by atoms with Gasteiger partial charge in [0.25, 0.3) is 11.5 Å². The number of anilines is 1. The third-order valence-corrected chi connectivity index (χ3v) is 5.05. The quantitative estimate of drug-likeness (QED) is 0.455. The largest absolute Gasteiger partial charge is 0.480 e. The van der Waals surface area contributed by atoms with E-state index in [4.69, 9.17) is 0 Å². The van der Waals surface area contributed by atoms with E-state index < -0.39 is 29.5 Å². The second-order valence-corrected chi connectivity index (χ2v) is 7.19. The van der Waals surface area contributed by atoms with E-state index >= 15 is 0 Å². The molecule has 9 heteroatoms. The minimum absolute atomic E-state index is 0.153. The van der Waals surface area contributed by atoms with Gasteiger partial charge in [-0.3, -0.25) is 19.7 Å². The fourth-order valence-corrected chi connectivity index (χ4v) is 3.45. The van der Waals surface area contributed by atoms with Crippen LogP contribution >= 0.6 is 0 Å². The standard InChI is InChI=1S/C20H24N4O5/c1-2-3-4-5-15(20(28)29)22-13-6-7-14-12(10-13)11-21-24(19(14)27)16-8-9-17(25)23-18(16)26/h6-7,10-11,15-16,22H,2-5,8-9H2,1H3,(H,28,29)(H,23,25,26). The van der Waals surface area contributed by atoms with Gasteiger partial charge in [0.15, 0.2) is 0 Å².